The van der Waals surface area contributed by atoms with Crippen molar-refractivity contribution in [3.63, 3.8) is 0 Å². The third-order valence-electron chi connectivity index (χ3n) is 4.57. The van der Waals surface area contributed by atoms with Gasteiger partial charge in [0.05, 0.1) is 18.3 Å². The van der Waals surface area contributed by atoms with Gasteiger partial charge in [-0.3, -0.25) is 4.98 Å². The van der Waals surface area contributed by atoms with Gasteiger partial charge in [0.25, 0.3) is 0 Å². The molecule has 0 fully saturated rings. The van der Waals surface area contributed by atoms with Crippen LogP contribution in [0.1, 0.15) is 38.7 Å². The molecule has 0 saturated carbocycles. The molecule has 1 aromatic carbocycles. The van der Waals surface area contributed by atoms with Crippen molar-refractivity contribution in [2.75, 3.05) is 11.9 Å². The van der Waals surface area contributed by atoms with E-state index in [0.29, 0.717) is 5.92 Å². The lowest BCUT2D eigenvalue weighted by molar-refractivity contribution is 0.271. The number of hydrogen-bond acceptors (Lipinski definition) is 4. The van der Waals surface area contributed by atoms with Gasteiger partial charge in [-0.2, -0.15) is 0 Å². The van der Waals surface area contributed by atoms with Crippen LogP contribution in [0.3, 0.4) is 0 Å². The first-order valence-electron chi connectivity index (χ1n) is 8.85. The van der Waals surface area contributed by atoms with Crippen molar-refractivity contribution in [3.8, 4) is 11.3 Å². The standard InChI is InChI=1S/C21H25N3O/c1-4-16(13-25)24-21-18-11-15(14(2)3)8-9-17(18)19(12-23-21)20-7-5-6-10-22-20/h5-12,14,16,25H,4,13H2,1-3H3,(H,23,24). The van der Waals surface area contributed by atoms with Crippen LogP contribution in [0.15, 0.2) is 48.8 Å². The number of benzene rings is 1. The molecule has 0 radical (unpaired) electrons. The van der Waals surface area contributed by atoms with E-state index in [-0.39, 0.29) is 12.6 Å². The molecule has 4 heteroatoms. The number of nitrogens with one attached hydrogen (secondary N) is 1. The van der Waals surface area contributed by atoms with Crippen LogP contribution in [-0.2, 0) is 0 Å². The molecule has 130 valence electrons. The van der Waals surface area contributed by atoms with Crippen molar-refractivity contribution >= 4 is 16.6 Å². The molecular weight excluding hydrogens is 310 g/mol. The van der Waals surface area contributed by atoms with E-state index in [0.717, 1.165) is 34.3 Å². The summed E-state index contributed by atoms with van der Waals surface area (Å²) in [6, 6.07) is 12.4. The Labute approximate surface area is 149 Å². The van der Waals surface area contributed by atoms with Crippen molar-refractivity contribution in [1.82, 2.24) is 9.97 Å². The first kappa shape index (κ1) is 17.4. The van der Waals surface area contributed by atoms with E-state index in [1.807, 2.05) is 24.4 Å². The summed E-state index contributed by atoms with van der Waals surface area (Å²) in [5.74, 6) is 1.26. The van der Waals surface area contributed by atoms with Crippen LogP contribution >= 0.6 is 0 Å². The maximum absolute atomic E-state index is 9.53. The van der Waals surface area contributed by atoms with Gasteiger partial charge in [0.1, 0.15) is 5.82 Å². The van der Waals surface area contributed by atoms with Crippen molar-refractivity contribution < 1.29 is 5.11 Å². The number of fused-ring (bicyclic) bond motifs is 1. The van der Waals surface area contributed by atoms with Gasteiger partial charge in [-0.15, -0.1) is 0 Å². The maximum atomic E-state index is 9.53. The van der Waals surface area contributed by atoms with Crippen LogP contribution in [-0.4, -0.2) is 27.7 Å². The number of nitrogens with zero attached hydrogens (tertiary/aromatic N) is 2. The molecule has 0 saturated heterocycles. The van der Waals surface area contributed by atoms with Gasteiger partial charge in [-0.05, 0) is 41.5 Å². The van der Waals surface area contributed by atoms with Crippen LogP contribution in [0.25, 0.3) is 22.0 Å². The van der Waals surface area contributed by atoms with Gasteiger partial charge in [-0.1, -0.05) is 39.0 Å². The average Bonchev–Trinajstić information content (AvgIpc) is 2.66. The van der Waals surface area contributed by atoms with E-state index >= 15 is 0 Å². The number of pyridine rings is 2. The Morgan fingerprint density at radius 1 is 1.08 bits per heavy atom. The predicted molar refractivity (Wildman–Crippen MR) is 104 cm³/mol. The lowest BCUT2D eigenvalue weighted by atomic mass is 9.97. The van der Waals surface area contributed by atoms with Crippen molar-refractivity contribution in [3.05, 3.63) is 54.4 Å². The van der Waals surface area contributed by atoms with Gasteiger partial charge in [0.2, 0.25) is 0 Å². The van der Waals surface area contributed by atoms with E-state index in [1.54, 1.807) is 6.20 Å². The van der Waals surface area contributed by atoms with Crippen LogP contribution in [0, 0.1) is 0 Å². The van der Waals surface area contributed by atoms with Gasteiger partial charge in [-0.25, -0.2) is 4.98 Å². The first-order valence-corrected chi connectivity index (χ1v) is 8.85. The van der Waals surface area contributed by atoms with Crippen LogP contribution in [0.5, 0.6) is 0 Å². The normalized spacial score (nSPS) is 12.5. The highest BCUT2D eigenvalue weighted by atomic mass is 16.3. The SMILES string of the molecule is CCC(CO)Nc1ncc(-c2ccccn2)c2ccc(C(C)C)cc12. The van der Waals surface area contributed by atoms with Crippen molar-refractivity contribution in [2.24, 2.45) is 0 Å². The smallest absolute Gasteiger partial charge is 0.134 e. The highest BCUT2D eigenvalue weighted by molar-refractivity contribution is 6.01. The summed E-state index contributed by atoms with van der Waals surface area (Å²) in [6.45, 7) is 6.52. The van der Waals surface area contributed by atoms with Gasteiger partial charge in [0, 0.05) is 23.3 Å². The Bertz CT molecular complexity index is 842. The number of anilines is 1. The second-order valence-corrected chi connectivity index (χ2v) is 6.63. The Balaban J connectivity index is 2.18. The minimum atomic E-state index is -0.000827. The molecular formula is C21H25N3O. The third kappa shape index (κ3) is 3.64. The molecule has 0 aliphatic heterocycles. The van der Waals surface area contributed by atoms with Crippen molar-refractivity contribution in [2.45, 2.75) is 39.2 Å². The summed E-state index contributed by atoms with van der Waals surface area (Å²) in [6.07, 6.45) is 4.51. The lowest BCUT2D eigenvalue weighted by Crippen LogP contribution is -2.23. The Hall–Kier alpha value is -2.46. The van der Waals surface area contributed by atoms with E-state index in [4.69, 9.17) is 0 Å². The molecule has 25 heavy (non-hydrogen) atoms. The van der Waals surface area contributed by atoms with Crippen LogP contribution < -0.4 is 5.32 Å². The summed E-state index contributed by atoms with van der Waals surface area (Å²) >= 11 is 0. The fourth-order valence-electron chi connectivity index (χ4n) is 2.93. The quantitative estimate of drug-likeness (QED) is 0.691. The minimum Gasteiger partial charge on any atom is -0.394 e. The van der Waals surface area contributed by atoms with Gasteiger partial charge in [0.15, 0.2) is 0 Å². The molecule has 3 rings (SSSR count). The molecule has 0 amide bonds. The van der Waals surface area contributed by atoms with E-state index in [9.17, 15) is 5.11 Å². The molecule has 0 spiro atoms. The number of aliphatic hydroxyl groups excluding tert-OH is 1. The van der Waals surface area contributed by atoms with Crippen LogP contribution in [0.2, 0.25) is 0 Å². The monoisotopic (exact) mass is 335 g/mol. The van der Waals surface area contributed by atoms with Gasteiger partial charge >= 0.3 is 0 Å². The van der Waals surface area contributed by atoms with E-state index in [1.165, 1.54) is 5.56 Å². The maximum Gasteiger partial charge on any atom is 0.134 e. The molecule has 1 atom stereocenters. The summed E-state index contributed by atoms with van der Waals surface area (Å²) in [5.41, 5.74) is 3.21. The average molecular weight is 335 g/mol. The molecule has 2 heterocycles. The number of aliphatic hydroxyl groups is 1. The molecule has 0 bridgehead atoms. The zero-order valence-corrected chi connectivity index (χ0v) is 15.0. The molecule has 2 aromatic heterocycles. The Morgan fingerprint density at radius 2 is 1.92 bits per heavy atom. The Morgan fingerprint density at radius 3 is 2.56 bits per heavy atom. The highest BCUT2D eigenvalue weighted by Crippen LogP contribution is 2.33. The third-order valence-corrected chi connectivity index (χ3v) is 4.57. The zero-order chi connectivity index (χ0) is 17.8. The number of rotatable bonds is 6. The highest BCUT2D eigenvalue weighted by Gasteiger charge is 2.14. The van der Waals surface area contributed by atoms with Gasteiger partial charge < -0.3 is 10.4 Å². The van der Waals surface area contributed by atoms with Crippen LogP contribution in [0.4, 0.5) is 5.82 Å². The first-order chi connectivity index (χ1) is 12.1. The minimum absolute atomic E-state index is 0.000827. The number of hydrogen-bond donors (Lipinski definition) is 2. The van der Waals surface area contributed by atoms with Crippen molar-refractivity contribution in [1.29, 1.82) is 0 Å². The molecule has 0 aliphatic rings. The molecule has 3 aromatic rings. The Kier molecular flexibility index (Phi) is 5.29. The van der Waals surface area contributed by atoms with E-state index in [2.05, 4.69) is 54.3 Å². The molecule has 2 N–H and O–H groups in total. The predicted octanol–water partition coefficient (Wildman–Crippen LogP) is 4.60. The lowest BCUT2D eigenvalue weighted by Gasteiger charge is -2.18. The summed E-state index contributed by atoms with van der Waals surface area (Å²) < 4.78 is 0. The summed E-state index contributed by atoms with van der Waals surface area (Å²) in [4.78, 5) is 9.14. The second-order valence-electron chi connectivity index (χ2n) is 6.63. The fourth-order valence-corrected chi connectivity index (χ4v) is 2.93. The molecule has 4 nitrogen and oxygen atoms in total. The second kappa shape index (κ2) is 7.62. The largest absolute Gasteiger partial charge is 0.394 e. The molecule has 0 aliphatic carbocycles. The summed E-state index contributed by atoms with van der Waals surface area (Å²) in [7, 11) is 0. The summed E-state index contributed by atoms with van der Waals surface area (Å²) in [5, 5.41) is 15.1. The molecule has 1 unspecified atom stereocenters. The number of aromatic nitrogens is 2. The fraction of sp³-hybridized carbons (Fsp3) is 0.333. The van der Waals surface area contributed by atoms with E-state index < -0.39 is 0 Å². The topological polar surface area (TPSA) is 58.0 Å². The zero-order valence-electron chi connectivity index (χ0n) is 15.0.